The lowest BCUT2D eigenvalue weighted by molar-refractivity contribution is 0.00758. The lowest BCUT2D eigenvalue weighted by Crippen LogP contribution is -2.28. The van der Waals surface area contributed by atoms with Gasteiger partial charge in [0.2, 0.25) is 0 Å². The predicted octanol–water partition coefficient (Wildman–Crippen LogP) is 2.32. The molecular weight excluding hydrogens is 169 g/mol. The molecule has 2 nitrogen and oxygen atoms in total. The third-order valence-corrected chi connectivity index (χ3v) is 1.91. The maximum Gasteiger partial charge on any atom is 0.182 e. The van der Waals surface area contributed by atoms with Gasteiger partial charge in [-0.3, -0.25) is 0 Å². The summed E-state index contributed by atoms with van der Waals surface area (Å²) in [6.07, 6.45) is -0.132. The first-order chi connectivity index (χ1) is 5.88. The second kappa shape index (κ2) is 3.56. The fourth-order valence-electron chi connectivity index (χ4n) is 1.36. The molecule has 0 saturated carbocycles. The standard InChI is InChI=1S/C10H18FNO/c1-8(13-10(2,3)4)12-6-5-9(11)7-12/h9H,1,5-7H2,2-4H3. The van der Waals surface area contributed by atoms with Crippen LogP contribution in [0.15, 0.2) is 12.5 Å². The Morgan fingerprint density at radius 1 is 1.54 bits per heavy atom. The van der Waals surface area contributed by atoms with Crippen molar-refractivity contribution >= 4 is 0 Å². The molecule has 1 atom stereocenters. The smallest absolute Gasteiger partial charge is 0.182 e. The van der Waals surface area contributed by atoms with Crippen LogP contribution in [-0.2, 0) is 4.74 Å². The van der Waals surface area contributed by atoms with Gasteiger partial charge in [0.1, 0.15) is 11.8 Å². The average molecular weight is 187 g/mol. The fourth-order valence-corrected chi connectivity index (χ4v) is 1.36. The summed E-state index contributed by atoms with van der Waals surface area (Å²) >= 11 is 0. The maximum atomic E-state index is 12.8. The van der Waals surface area contributed by atoms with Gasteiger partial charge in [-0.15, -0.1) is 0 Å². The van der Waals surface area contributed by atoms with E-state index in [2.05, 4.69) is 6.58 Å². The van der Waals surface area contributed by atoms with Crippen molar-refractivity contribution in [2.75, 3.05) is 13.1 Å². The Hall–Kier alpha value is -0.730. The molecule has 0 spiro atoms. The molecule has 0 aromatic heterocycles. The van der Waals surface area contributed by atoms with Crippen LogP contribution in [0.3, 0.4) is 0 Å². The molecule has 1 aliphatic rings. The summed E-state index contributed by atoms with van der Waals surface area (Å²) < 4.78 is 18.4. The summed E-state index contributed by atoms with van der Waals surface area (Å²) in [6, 6.07) is 0. The molecule has 0 aromatic rings. The number of likely N-dealkylation sites (tertiary alicyclic amines) is 1. The highest BCUT2D eigenvalue weighted by atomic mass is 19.1. The van der Waals surface area contributed by atoms with Crippen LogP contribution in [0.2, 0.25) is 0 Å². The largest absolute Gasteiger partial charge is 0.474 e. The minimum Gasteiger partial charge on any atom is -0.474 e. The normalized spacial score (nSPS) is 23.4. The second-order valence-corrected chi connectivity index (χ2v) is 4.44. The molecule has 3 heteroatoms. The first-order valence-electron chi connectivity index (χ1n) is 4.65. The van der Waals surface area contributed by atoms with Crippen molar-refractivity contribution in [3.05, 3.63) is 12.5 Å². The van der Waals surface area contributed by atoms with Crippen molar-refractivity contribution < 1.29 is 9.13 Å². The van der Waals surface area contributed by atoms with E-state index in [1.54, 1.807) is 0 Å². The van der Waals surface area contributed by atoms with Gasteiger partial charge in [-0.2, -0.15) is 0 Å². The van der Waals surface area contributed by atoms with E-state index in [9.17, 15) is 4.39 Å². The molecule has 0 aromatic carbocycles. The number of ether oxygens (including phenoxy) is 1. The van der Waals surface area contributed by atoms with Crippen LogP contribution in [0, 0.1) is 0 Å². The predicted molar refractivity (Wildman–Crippen MR) is 51.1 cm³/mol. The Kier molecular flexibility index (Phi) is 2.84. The second-order valence-electron chi connectivity index (χ2n) is 4.44. The van der Waals surface area contributed by atoms with E-state index in [4.69, 9.17) is 4.74 Å². The number of nitrogens with zero attached hydrogens (tertiary/aromatic N) is 1. The van der Waals surface area contributed by atoms with Gasteiger partial charge in [-0.25, -0.2) is 4.39 Å². The van der Waals surface area contributed by atoms with Crippen LogP contribution in [0.4, 0.5) is 4.39 Å². The zero-order valence-electron chi connectivity index (χ0n) is 8.64. The monoisotopic (exact) mass is 187 g/mol. The van der Waals surface area contributed by atoms with E-state index in [-0.39, 0.29) is 5.60 Å². The minimum atomic E-state index is -0.722. The van der Waals surface area contributed by atoms with Crippen molar-refractivity contribution in [3.8, 4) is 0 Å². The SMILES string of the molecule is C=C(OC(C)(C)C)N1CCC(F)C1. The Balaban J connectivity index is 2.41. The van der Waals surface area contributed by atoms with E-state index in [0.717, 1.165) is 6.54 Å². The number of hydrogen-bond acceptors (Lipinski definition) is 2. The highest BCUT2D eigenvalue weighted by Gasteiger charge is 2.25. The van der Waals surface area contributed by atoms with E-state index in [0.29, 0.717) is 18.8 Å². The average Bonchev–Trinajstić information content (AvgIpc) is 2.31. The highest BCUT2D eigenvalue weighted by molar-refractivity contribution is 4.91. The molecule has 0 amide bonds. The zero-order valence-corrected chi connectivity index (χ0v) is 8.64. The van der Waals surface area contributed by atoms with Gasteiger partial charge in [-0.05, 0) is 33.8 Å². The molecule has 1 aliphatic heterocycles. The lowest BCUT2D eigenvalue weighted by atomic mass is 10.2. The summed E-state index contributed by atoms with van der Waals surface area (Å²) in [5, 5.41) is 0. The van der Waals surface area contributed by atoms with E-state index >= 15 is 0 Å². The molecule has 1 unspecified atom stereocenters. The van der Waals surface area contributed by atoms with Crippen molar-refractivity contribution in [1.29, 1.82) is 0 Å². The minimum absolute atomic E-state index is 0.245. The number of halogens is 1. The van der Waals surface area contributed by atoms with Gasteiger partial charge in [-0.1, -0.05) is 0 Å². The summed E-state index contributed by atoms with van der Waals surface area (Å²) in [6.45, 7) is 10.8. The molecule has 76 valence electrons. The van der Waals surface area contributed by atoms with E-state index < -0.39 is 6.17 Å². The van der Waals surface area contributed by atoms with Crippen LogP contribution < -0.4 is 0 Å². The Morgan fingerprint density at radius 3 is 2.54 bits per heavy atom. The van der Waals surface area contributed by atoms with E-state index in [1.807, 2.05) is 25.7 Å². The van der Waals surface area contributed by atoms with Gasteiger partial charge in [0.05, 0.1) is 6.54 Å². The first kappa shape index (κ1) is 10.4. The molecular formula is C10H18FNO. The topological polar surface area (TPSA) is 12.5 Å². The van der Waals surface area contributed by atoms with Crippen LogP contribution in [0.5, 0.6) is 0 Å². The molecule has 0 radical (unpaired) electrons. The van der Waals surface area contributed by atoms with Crippen molar-refractivity contribution in [2.45, 2.75) is 39.0 Å². The van der Waals surface area contributed by atoms with Gasteiger partial charge < -0.3 is 9.64 Å². The lowest BCUT2D eigenvalue weighted by Gasteiger charge is -2.28. The first-order valence-corrected chi connectivity index (χ1v) is 4.65. The Labute approximate surface area is 79.4 Å². The van der Waals surface area contributed by atoms with Crippen LogP contribution >= 0.6 is 0 Å². The zero-order chi connectivity index (χ0) is 10.1. The van der Waals surface area contributed by atoms with Crippen molar-refractivity contribution in [1.82, 2.24) is 4.90 Å². The molecule has 1 saturated heterocycles. The Bertz CT molecular complexity index is 198. The quantitative estimate of drug-likeness (QED) is 0.615. The summed E-state index contributed by atoms with van der Waals surface area (Å²) in [5.41, 5.74) is -0.245. The fraction of sp³-hybridized carbons (Fsp3) is 0.800. The molecule has 0 aliphatic carbocycles. The summed E-state index contributed by atoms with van der Waals surface area (Å²) in [4.78, 5) is 1.86. The van der Waals surface area contributed by atoms with Crippen LogP contribution in [0.1, 0.15) is 27.2 Å². The van der Waals surface area contributed by atoms with Crippen molar-refractivity contribution in [3.63, 3.8) is 0 Å². The summed E-state index contributed by atoms with van der Waals surface area (Å²) in [5.74, 6) is 0.590. The van der Waals surface area contributed by atoms with Gasteiger partial charge in [0.15, 0.2) is 5.88 Å². The highest BCUT2D eigenvalue weighted by Crippen LogP contribution is 2.21. The molecule has 0 bridgehead atoms. The van der Waals surface area contributed by atoms with Crippen LogP contribution in [0.25, 0.3) is 0 Å². The molecule has 13 heavy (non-hydrogen) atoms. The van der Waals surface area contributed by atoms with E-state index in [1.165, 1.54) is 0 Å². The Morgan fingerprint density at radius 2 is 2.15 bits per heavy atom. The van der Waals surface area contributed by atoms with Gasteiger partial charge in [0, 0.05) is 6.54 Å². The number of hydrogen-bond donors (Lipinski definition) is 0. The molecule has 1 fully saturated rings. The molecule has 1 heterocycles. The van der Waals surface area contributed by atoms with Gasteiger partial charge >= 0.3 is 0 Å². The van der Waals surface area contributed by atoms with Crippen LogP contribution in [-0.4, -0.2) is 29.8 Å². The number of rotatable bonds is 2. The van der Waals surface area contributed by atoms with Crippen molar-refractivity contribution in [2.24, 2.45) is 0 Å². The third-order valence-electron chi connectivity index (χ3n) is 1.91. The number of alkyl halides is 1. The summed E-state index contributed by atoms with van der Waals surface area (Å²) in [7, 11) is 0. The molecule has 1 rings (SSSR count). The van der Waals surface area contributed by atoms with Gasteiger partial charge in [0.25, 0.3) is 0 Å². The third kappa shape index (κ3) is 3.25. The molecule has 0 N–H and O–H groups in total. The maximum absolute atomic E-state index is 12.8.